The fraction of sp³-hybridized carbons (Fsp3) is 0.292. The van der Waals surface area contributed by atoms with Crippen molar-refractivity contribution in [1.29, 1.82) is 0 Å². The third-order valence-electron chi connectivity index (χ3n) is 5.17. The SMILES string of the molecule is Cc1nn(-c2ccccc2)c(C)c1C(=O)OCC(=O)NCCc1ccc2c(c1)OCCO2. The van der Waals surface area contributed by atoms with Gasteiger partial charge in [0.25, 0.3) is 5.91 Å². The van der Waals surface area contributed by atoms with Crippen molar-refractivity contribution in [2.45, 2.75) is 20.3 Å². The summed E-state index contributed by atoms with van der Waals surface area (Å²) in [6, 6.07) is 15.3. The fourth-order valence-corrected chi connectivity index (χ4v) is 3.60. The Morgan fingerprint density at radius 3 is 2.59 bits per heavy atom. The third kappa shape index (κ3) is 4.74. The van der Waals surface area contributed by atoms with Crippen LogP contribution in [0.3, 0.4) is 0 Å². The molecule has 0 fully saturated rings. The molecule has 1 amide bonds. The summed E-state index contributed by atoms with van der Waals surface area (Å²) in [4.78, 5) is 24.7. The van der Waals surface area contributed by atoms with Gasteiger partial charge in [0.1, 0.15) is 18.8 Å². The van der Waals surface area contributed by atoms with E-state index in [4.69, 9.17) is 14.2 Å². The van der Waals surface area contributed by atoms with Crippen molar-refractivity contribution in [3.63, 3.8) is 0 Å². The molecule has 0 spiro atoms. The minimum atomic E-state index is -0.566. The molecule has 0 saturated heterocycles. The highest BCUT2D eigenvalue weighted by molar-refractivity contribution is 5.93. The van der Waals surface area contributed by atoms with E-state index >= 15 is 0 Å². The average Bonchev–Trinajstić information content (AvgIpc) is 3.12. The van der Waals surface area contributed by atoms with Crippen LogP contribution in [0.2, 0.25) is 0 Å². The molecular formula is C24H25N3O5. The summed E-state index contributed by atoms with van der Waals surface area (Å²) in [5.74, 6) is 0.527. The minimum absolute atomic E-state index is 0.352. The van der Waals surface area contributed by atoms with Gasteiger partial charge in [-0.05, 0) is 50.1 Å². The number of amides is 1. The zero-order chi connectivity index (χ0) is 22.5. The molecule has 4 rings (SSSR count). The Morgan fingerprint density at radius 1 is 1.06 bits per heavy atom. The molecule has 0 bridgehead atoms. The first-order chi connectivity index (χ1) is 15.5. The molecule has 0 radical (unpaired) electrons. The first kappa shape index (κ1) is 21.4. The van der Waals surface area contributed by atoms with Gasteiger partial charge in [-0.2, -0.15) is 5.10 Å². The van der Waals surface area contributed by atoms with E-state index in [2.05, 4.69) is 10.4 Å². The molecule has 166 valence electrons. The minimum Gasteiger partial charge on any atom is -0.486 e. The molecule has 0 aliphatic carbocycles. The van der Waals surface area contributed by atoms with E-state index in [0.29, 0.717) is 43.1 Å². The molecule has 8 heteroatoms. The molecule has 1 aromatic heterocycles. The summed E-state index contributed by atoms with van der Waals surface area (Å²) in [6.45, 7) is 4.69. The number of nitrogens with zero attached hydrogens (tertiary/aromatic N) is 2. The second-order valence-corrected chi connectivity index (χ2v) is 7.45. The number of carbonyl (C=O) groups is 2. The Bertz CT molecular complexity index is 1120. The van der Waals surface area contributed by atoms with Crippen LogP contribution in [-0.4, -0.2) is 48.0 Å². The molecule has 0 unspecified atom stereocenters. The highest BCUT2D eigenvalue weighted by Crippen LogP contribution is 2.30. The van der Waals surface area contributed by atoms with Crippen molar-refractivity contribution in [1.82, 2.24) is 15.1 Å². The number of esters is 1. The molecule has 3 aromatic rings. The molecule has 0 saturated carbocycles. The predicted octanol–water partition coefficient (Wildman–Crippen LogP) is 2.78. The normalized spacial score (nSPS) is 12.3. The Kier molecular flexibility index (Phi) is 6.39. The Morgan fingerprint density at radius 2 is 1.81 bits per heavy atom. The van der Waals surface area contributed by atoms with Gasteiger partial charge in [0.2, 0.25) is 0 Å². The lowest BCUT2D eigenvalue weighted by atomic mass is 10.1. The lowest BCUT2D eigenvalue weighted by Crippen LogP contribution is -2.30. The second kappa shape index (κ2) is 9.55. The van der Waals surface area contributed by atoms with Gasteiger partial charge >= 0.3 is 5.97 Å². The zero-order valence-corrected chi connectivity index (χ0v) is 18.1. The van der Waals surface area contributed by atoms with Crippen LogP contribution >= 0.6 is 0 Å². The summed E-state index contributed by atoms with van der Waals surface area (Å²) < 4.78 is 18.0. The number of nitrogens with one attached hydrogen (secondary N) is 1. The summed E-state index contributed by atoms with van der Waals surface area (Å²) in [5, 5.41) is 7.21. The number of benzene rings is 2. The first-order valence-electron chi connectivity index (χ1n) is 10.5. The standard InChI is InChI=1S/C24H25N3O5/c1-16-23(17(2)27(26-16)19-6-4-3-5-7-19)24(29)32-15-22(28)25-11-10-18-8-9-20-21(14-18)31-13-12-30-20/h3-9,14H,10-13,15H2,1-2H3,(H,25,28). The molecule has 8 nitrogen and oxygen atoms in total. The van der Waals surface area contributed by atoms with Crippen LogP contribution in [0.25, 0.3) is 5.69 Å². The topological polar surface area (TPSA) is 91.7 Å². The smallest absolute Gasteiger partial charge is 0.342 e. The van der Waals surface area contributed by atoms with E-state index in [1.807, 2.05) is 48.5 Å². The lowest BCUT2D eigenvalue weighted by molar-refractivity contribution is -0.124. The molecular weight excluding hydrogens is 410 g/mol. The second-order valence-electron chi connectivity index (χ2n) is 7.45. The average molecular weight is 435 g/mol. The molecule has 2 aromatic carbocycles. The Hall–Kier alpha value is -3.81. The van der Waals surface area contributed by atoms with Crippen LogP contribution in [0, 0.1) is 13.8 Å². The number of aromatic nitrogens is 2. The number of fused-ring (bicyclic) bond motifs is 1. The maximum absolute atomic E-state index is 12.6. The van der Waals surface area contributed by atoms with Gasteiger partial charge in [-0.25, -0.2) is 9.48 Å². The number of aryl methyl sites for hydroxylation is 1. The van der Waals surface area contributed by atoms with Crippen LogP contribution in [0.5, 0.6) is 11.5 Å². The van der Waals surface area contributed by atoms with Gasteiger partial charge < -0.3 is 19.5 Å². The highest BCUT2D eigenvalue weighted by atomic mass is 16.6. The number of rotatable bonds is 7. The van der Waals surface area contributed by atoms with E-state index in [-0.39, 0.29) is 12.5 Å². The quantitative estimate of drug-likeness (QED) is 0.574. The van der Waals surface area contributed by atoms with Gasteiger partial charge in [0.15, 0.2) is 18.1 Å². The molecule has 0 atom stereocenters. The van der Waals surface area contributed by atoms with E-state index < -0.39 is 5.97 Å². The lowest BCUT2D eigenvalue weighted by Gasteiger charge is -2.18. The fourth-order valence-electron chi connectivity index (χ4n) is 3.60. The molecule has 1 N–H and O–H groups in total. The number of ether oxygens (including phenoxy) is 3. The third-order valence-corrected chi connectivity index (χ3v) is 5.17. The van der Waals surface area contributed by atoms with Crippen molar-refractivity contribution in [3.8, 4) is 17.2 Å². The van der Waals surface area contributed by atoms with E-state index in [1.165, 1.54) is 0 Å². The highest BCUT2D eigenvalue weighted by Gasteiger charge is 2.21. The summed E-state index contributed by atoms with van der Waals surface area (Å²) in [7, 11) is 0. The Balaban J connectivity index is 1.28. The van der Waals surface area contributed by atoms with Crippen LogP contribution in [0.4, 0.5) is 0 Å². The molecule has 1 aliphatic heterocycles. The zero-order valence-electron chi connectivity index (χ0n) is 18.1. The van der Waals surface area contributed by atoms with Crippen molar-refractivity contribution in [2.24, 2.45) is 0 Å². The predicted molar refractivity (Wildman–Crippen MR) is 117 cm³/mol. The van der Waals surface area contributed by atoms with Gasteiger partial charge in [0.05, 0.1) is 17.1 Å². The largest absolute Gasteiger partial charge is 0.486 e. The molecule has 1 aliphatic rings. The number of hydrogen-bond acceptors (Lipinski definition) is 6. The number of hydrogen-bond donors (Lipinski definition) is 1. The van der Waals surface area contributed by atoms with E-state index in [0.717, 1.165) is 22.7 Å². The van der Waals surface area contributed by atoms with Gasteiger partial charge in [-0.15, -0.1) is 0 Å². The first-order valence-corrected chi connectivity index (χ1v) is 10.5. The van der Waals surface area contributed by atoms with Crippen molar-refractivity contribution < 1.29 is 23.8 Å². The van der Waals surface area contributed by atoms with Crippen molar-refractivity contribution in [3.05, 3.63) is 71.0 Å². The van der Waals surface area contributed by atoms with E-state index in [1.54, 1.807) is 18.5 Å². The maximum atomic E-state index is 12.6. The van der Waals surface area contributed by atoms with Crippen LogP contribution < -0.4 is 14.8 Å². The van der Waals surface area contributed by atoms with Crippen LogP contribution in [0.1, 0.15) is 27.3 Å². The molecule has 2 heterocycles. The number of para-hydroxylation sites is 1. The van der Waals surface area contributed by atoms with Gasteiger partial charge in [-0.1, -0.05) is 24.3 Å². The van der Waals surface area contributed by atoms with Gasteiger partial charge in [0, 0.05) is 6.54 Å². The van der Waals surface area contributed by atoms with Crippen LogP contribution in [-0.2, 0) is 16.0 Å². The van der Waals surface area contributed by atoms with Gasteiger partial charge in [-0.3, -0.25) is 4.79 Å². The maximum Gasteiger partial charge on any atom is 0.342 e. The van der Waals surface area contributed by atoms with Crippen molar-refractivity contribution >= 4 is 11.9 Å². The monoisotopic (exact) mass is 435 g/mol. The van der Waals surface area contributed by atoms with Crippen LogP contribution in [0.15, 0.2) is 48.5 Å². The van der Waals surface area contributed by atoms with Crippen molar-refractivity contribution in [2.75, 3.05) is 26.4 Å². The molecule has 32 heavy (non-hydrogen) atoms. The Labute approximate surface area is 186 Å². The van der Waals surface area contributed by atoms with E-state index in [9.17, 15) is 9.59 Å². The summed E-state index contributed by atoms with van der Waals surface area (Å²) in [6.07, 6.45) is 0.623. The summed E-state index contributed by atoms with van der Waals surface area (Å²) in [5.41, 5.74) is 3.46. The summed E-state index contributed by atoms with van der Waals surface area (Å²) >= 11 is 0. The number of carbonyl (C=O) groups excluding carboxylic acids is 2.